The van der Waals surface area contributed by atoms with Gasteiger partial charge in [0.15, 0.2) is 5.82 Å². The average Bonchev–Trinajstić information content (AvgIpc) is 2.78. The van der Waals surface area contributed by atoms with E-state index in [1.807, 2.05) is 33.9 Å². The van der Waals surface area contributed by atoms with E-state index < -0.39 is 0 Å². The van der Waals surface area contributed by atoms with Crippen molar-refractivity contribution in [3.05, 3.63) is 35.1 Å². The van der Waals surface area contributed by atoms with Gasteiger partial charge in [-0.2, -0.15) is 5.10 Å². The zero-order valence-corrected chi connectivity index (χ0v) is 11.7. The minimum atomic E-state index is -0.274. The van der Waals surface area contributed by atoms with Gasteiger partial charge in [-0.15, -0.1) is 0 Å². The fraction of sp³-hybridized carbons (Fsp3) is 0.462. The van der Waals surface area contributed by atoms with Gasteiger partial charge < -0.3 is 9.88 Å². The van der Waals surface area contributed by atoms with E-state index in [9.17, 15) is 4.79 Å². The summed E-state index contributed by atoms with van der Waals surface area (Å²) in [5, 5.41) is 7.16. The van der Waals surface area contributed by atoms with Crippen LogP contribution in [0.2, 0.25) is 0 Å². The van der Waals surface area contributed by atoms with Gasteiger partial charge in [0.2, 0.25) is 0 Å². The number of anilines is 2. The van der Waals surface area contributed by atoms with Gasteiger partial charge in [0, 0.05) is 30.7 Å². The quantitative estimate of drug-likeness (QED) is 0.917. The summed E-state index contributed by atoms with van der Waals surface area (Å²) in [6, 6.07) is 0. The molecule has 2 heterocycles. The molecular weight excluding hydrogens is 242 g/mol. The number of hydrogen-bond acceptors (Lipinski definition) is 4. The van der Waals surface area contributed by atoms with Crippen molar-refractivity contribution in [3.8, 4) is 0 Å². The van der Waals surface area contributed by atoms with E-state index in [1.54, 1.807) is 27.8 Å². The van der Waals surface area contributed by atoms with E-state index in [0.717, 1.165) is 12.2 Å². The molecule has 0 aromatic carbocycles. The molecule has 6 heteroatoms. The summed E-state index contributed by atoms with van der Waals surface area (Å²) in [6.45, 7) is 8.73. The lowest BCUT2D eigenvalue weighted by atomic mass is 10.1. The SMILES string of the molecule is CCn1cc(Nc2nccn(C(C)(C)C)c2=O)cn1. The number of nitrogens with one attached hydrogen (secondary N) is 1. The summed E-state index contributed by atoms with van der Waals surface area (Å²) in [4.78, 5) is 16.4. The van der Waals surface area contributed by atoms with E-state index in [2.05, 4.69) is 15.4 Å². The molecule has 2 aromatic rings. The second kappa shape index (κ2) is 4.87. The fourth-order valence-electron chi connectivity index (χ4n) is 1.76. The van der Waals surface area contributed by atoms with E-state index >= 15 is 0 Å². The van der Waals surface area contributed by atoms with Crippen molar-refractivity contribution in [1.82, 2.24) is 19.3 Å². The van der Waals surface area contributed by atoms with Gasteiger partial charge in [0.1, 0.15) is 0 Å². The molecule has 0 spiro atoms. The second-order valence-corrected chi connectivity index (χ2v) is 5.33. The number of aryl methyl sites for hydroxylation is 1. The normalized spacial score (nSPS) is 11.6. The summed E-state index contributed by atoms with van der Waals surface area (Å²) in [7, 11) is 0. The maximum Gasteiger partial charge on any atom is 0.294 e. The molecule has 0 amide bonds. The van der Waals surface area contributed by atoms with Gasteiger partial charge in [0.05, 0.1) is 11.9 Å². The van der Waals surface area contributed by atoms with Gasteiger partial charge in [-0.1, -0.05) is 0 Å². The van der Waals surface area contributed by atoms with Crippen LogP contribution in [0, 0.1) is 0 Å². The summed E-state index contributed by atoms with van der Waals surface area (Å²) < 4.78 is 3.44. The van der Waals surface area contributed by atoms with Crippen LogP contribution >= 0.6 is 0 Å². The Bertz CT molecular complexity index is 620. The van der Waals surface area contributed by atoms with Gasteiger partial charge in [0.25, 0.3) is 5.56 Å². The van der Waals surface area contributed by atoms with Crippen LogP contribution in [0.25, 0.3) is 0 Å². The van der Waals surface area contributed by atoms with E-state index in [-0.39, 0.29) is 11.1 Å². The molecule has 0 saturated carbocycles. The molecule has 2 aromatic heterocycles. The van der Waals surface area contributed by atoms with Crippen molar-refractivity contribution in [1.29, 1.82) is 0 Å². The lowest BCUT2D eigenvalue weighted by Crippen LogP contribution is -2.34. The third-order valence-electron chi connectivity index (χ3n) is 2.78. The Labute approximate surface area is 112 Å². The number of rotatable bonds is 3. The summed E-state index contributed by atoms with van der Waals surface area (Å²) in [5.74, 6) is 0.313. The first-order chi connectivity index (χ1) is 8.91. The van der Waals surface area contributed by atoms with E-state index in [4.69, 9.17) is 0 Å². The topological polar surface area (TPSA) is 64.7 Å². The largest absolute Gasteiger partial charge is 0.333 e. The molecule has 0 aliphatic heterocycles. The molecule has 0 fully saturated rings. The monoisotopic (exact) mass is 261 g/mol. The van der Waals surface area contributed by atoms with Gasteiger partial charge in [-0.3, -0.25) is 9.48 Å². The Hall–Kier alpha value is -2.11. The number of nitrogens with zero attached hydrogens (tertiary/aromatic N) is 4. The molecule has 6 nitrogen and oxygen atoms in total. The van der Waals surface area contributed by atoms with Crippen LogP contribution in [0.5, 0.6) is 0 Å². The van der Waals surface area contributed by atoms with Crippen LogP contribution < -0.4 is 10.9 Å². The molecule has 0 saturated heterocycles. The van der Waals surface area contributed by atoms with Crippen molar-refractivity contribution in [2.75, 3.05) is 5.32 Å². The first kappa shape index (κ1) is 13.3. The van der Waals surface area contributed by atoms with Crippen LogP contribution in [0.15, 0.2) is 29.6 Å². The number of aromatic nitrogens is 4. The Kier molecular flexibility index (Phi) is 3.42. The molecule has 0 aliphatic carbocycles. The highest BCUT2D eigenvalue weighted by atomic mass is 16.1. The van der Waals surface area contributed by atoms with Gasteiger partial charge in [-0.05, 0) is 27.7 Å². The Morgan fingerprint density at radius 3 is 2.68 bits per heavy atom. The van der Waals surface area contributed by atoms with Crippen molar-refractivity contribution >= 4 is 11.5 Å². The maximum absolute atomic E-state index is 12.3. The fourth-order valence-corrected chi connectivity index (χ4v) is 1.76. The van der Waals surface area contributed by atoms with E-state index in [1.165, 1.54) is 0 Å². The minimum Gasteiger partial charge on any atom is -0.333 e. The van der Waals surface area contributed by atoms with Crippen molar-refractivity contribution in [2.45, 2.75) is 39.8 Å². The first-order valence-electron chi connectivity index (χ1n) is 6.29. The number of hydrogen-bond donors (Lipinski definition) is 1. The molecule has 19 heavy (non-hydrogen) atoms. The van der Waals surface area contributed by atoms with E-state index in [0.29, 0.717) is 5.82 Å². The van der Waals surface area contributed by atoms with Crippen molar-refractivity contribution in [3.63, 3.8) is 0 Å². The molecule has 0 aliphatic rings. The first-order valence-corrected chi connectivity index (χ1v) is 6.29. The minimum absolute atomic E-state index is 0.140. The van der Waals surface area contributed by atoms with Crippen LogP contribution in [-0.2, 0) is 12.1 Å². The highest BCUT2D eigenvalue weighted by molar-refractivity contribution is 5.52. The predicted molar refractivity (Wildman–Crippen MR) is 74.7 cm³/mol. The Morgan fingerprint density at radius 2 is 2.11 bits per heavy atom. The molecular formula is C13H19N5O. The molecule has 0 bridgehead atoms. The second-order valence-electron chi connectivity index (χ2n) is 5.33. The molecule has 2 rings (SSSR count). The van der Waals surface area contributed by atoms with Crippen LogP contribution in [0.4, 0.5) is 11.5 Å². The Morgan fingerprint density at radius 1 is 1.37 bits per heavy atom. The highest BCUT2D eigenvalue weighted by Crippen LogP contribution is 2.13. The van der Waals surface area contributed by atoms with Crippen LogP contribution in [0.1, 0.15) is 27.7 Å². The highest BCUT2D eigenvalue weighted by Gasteiger charge is 2.16. The van der Waals surface area contributed by atoms with Crippen LogP contribution in [-0.4, -0.2) is 19.3 Å². The lowest BCUT2D eigenvalue weighted by Gasteiger charge is -2.22. The van der Waals surface area contributed by atoms with Crippen LogP contribution in [0.3, 0.4) is 0 Å². The van der Waals surface area contributed by atoms with Gasteiger partial charge >= 0.3 is 0 Å². The lowest BCUT2D eigenvalue weighted by molar-refractivity contribution is 0.383. The Balaban J connectivity index is 2.34. The zero-order chi connectivity index (χ0) is 14.0. The smallest absolute Gasteiger partial charge is 0.294 e. The van der Waals surface area contributed by atoms with Gasteiger partial charge in [-0.25, -0.2) is 4.98 Å². The molecule has 0 unspecified atom stereocenters. The van der Waals surface area contributed by atoms with Crippen molar-refractivity contribution in [2.24, 2.45) is 0 Å². The van der Waals surface area contributed by atoms with Crippen molar-refractivity contribution < 1.29 is 0 Å². The maximum atomic E-state index is 12.3. The molecule has 0 radical (unpaired) electrons. The molecule has 102 valence electrons. The summed E-state index contributed by atoms with van der Waals surface area (Å²) in [6.07, 6.45) is 6.84. The summed E-state index contributed by atoms with van der Waals surface area (Å²) in [5.41, 5.74) is 0.349. The molecule has 1 N–H and O–H groups in total. The predicted octanol–water partition coefficient (Wildman–Crippen LogP) is 1.96. The molecule has 0 atom stereocenters. The standard InChI is InChI=1S/C13H19N5O/c1-5-17-9-10(8-15-17)16-11-12(19)18(7-6-14-11)13(2,3)4/h6-9H,5H2,1-4H3,(H,14,16). The zero-order valence-electron chi connectivity index (χ0n) is 11.7. The third kappa shape index (κ3) is 2.83. The average molecular weight is 261 g/mol. The summed E-state index contributed by atoms with van der Waals surface area (Å²) >= 11 is 0. The third-order valence-corrected chi connectivity index (χ3v) is 2.78.